The summed E-state index contributed by atoms with van der Waals surface area (Å²) in [5.74, 6) is -0.556. The third kappa shape index (κ3) is 6.57. The summed E-state index contributed by atoms with van der Waals surface area (Å²) in [5.41, 5.74) is 2.01. The van der Waals surface area contributed by atoms with Gasteiger partial charge in [0.2, 0.25) is 11.8 Å². The first-order valence-electron chi connectivity index (χ1n) is 11.0. The lowest BCUT2D eigenvalue weighted by Gasteiger charge is -2.39. The van der Waals surface area contributed by atoms with E-state index in [9.17, 15) is 19.2 Å². The summed E-state index contributed by atoms with van der Waals surface area (Å²) in [6, 6.07) is 14.0. The number of ketones is 2. The van der Waals surface area contributed by atoms with Gasteiger partial charge in [0, 0.05) is 36.8 Å². The molecule has 0 aromatic heterocycles. The van der Waals surface area contributed by atoms with Gasteiger partial charge in [0.1, 0.15) is 0 Å². The largest absolute Gasteiger partial charge is 0.324 e. The van der Waals surface area contributed by atoms with E-state index in [0.717, 1.165) is 0 Å². The molecule has 2 aromatic carbocycles. The van der Waals surface area contributed by atoms with Crippen LogP contribution in [0.1, 0.15) is 41.5 Å². The second-order valence-electron chi connectivity index (χ2n) is 8.35. The molecular weight excluding hydrogens is 420 g/mol. The van der Waals surface area contributed by atoms with Gasteiger partial charge in [0.25, 0.3) is 0 Å². The first kappa shape index (κ1) is 24.3. The van der Waals surface area contributed by atoms with Crippen LogP contribution < -0.4 is 10.6 Å². The van der Waals surface area contributed by atoms with Crippen LogP contribution in [0.4, 0.5) is 11.4 Å². The van der Waals surface area contributed by atoms with E-state index < -0.39 is 0 Å². The summed E-state index contributed by atoms with van der Waals surface area (Å²) in [7, 11) is 0. The first-order chi connectivity index (χ1) is 15.7. The zero-order valence-corrected chi connectivity index (χ0v) is 19.3. The minimum absolute atomic E-state index is 0.0739. The third-order valence-electron chi connectivity index (χ3n) is 5.72. The molecule has 33 heavy (non-hydrogen) atoms. The average Bonchev–Trinajstić information content (AvgIpc) is 2.76. The topological polar surface area (TPSA) is 98.8 Å². The lowest BCUT2D eigenvalue weighted by Crippen LogP contribution is -2.55. The van der Waals surface area contributed by atoms with Crippen molar-refractivity contribution in [3.8, 4) is 0 Å². The van der Waals surface area contributed by atoms with Crippen LogP contribution in [0, 0.1) is 0 Å². The first-order valence-corrected chi connectivity index (χ1v) is 11.0. The molecule has 1 aliphatic heterocycles. The van der Waals surface area contributed by atoms with Gasteiger partial charge in [-0.05, 0) is 45.0 Å². The van der Waals surface area contributed by atoms with E-state index in [1.165, 1.54) is 13.8 Å². The number of carbonyl (C=O) groups is 4. The van der Waals surface area contributed by atoms with Crippen molar-refractivity contribution in [3.05, 3.63) is 59.7 Å². The molecule has 0 spiro atoms. The molecule has 1 unspecified atom stereocenters. The molecule has 8 heteroatoms. The Labute approximate surface area is 193 Å². The van der Waals surface area contributed by atoms with Crippen molar-refractivity contribution >= 4 is 34.8 Å². The second kappa shape index (κ2) is 11.0. The zero-order valence-electron chi connectivity index (χ0n) is 19.3. The third-order valence-corrected chi connectivity index (χ3v) is 5.72. The number of anilines is 2. The van der Waals surface area contributed by atoms with E-state index in [2.05, 4.69) is 15.5 Å². The molecule has 2 aromatic rings. The highest BCUT2D eigenvalue weighted by Gasteiger charge is 2.26. The van der Waals surface area contributed by atoms with Gasteiger partial charge in [-0.1, -0.05) is 24.3 Å². The fourth-order valence-electron chi connectivity index (χ4n) is 4.01. The molecule has 0 aliphatic carbocycles. The van der Waals surface area contributed by atoms with Crippen molar-refractivity contribution in [2.45, 2.75) is 26.8 Å². The van der Waals surface area contributed by atoms with Gasteiger partial charge in [-0.25, -0.2) is 0 Å². The molecule has 0 saturated carbocycles. The number of nitrogens with zero attached hydrogens (tertiary/aromatic N) is 2. The summed E-state index contributed by atoms with van der Waals surface area (Å²) in [6.45, 7) is 7.30. The Hall–Kier alpha value is -3.36. The lowest BCUT2D eigenvalue weighted by molar-refractivity contribution is -0.120. The molecule has 1 atom stereocenters. The molecule has 1 aliphatic rings. The van der Waals surface area contributed by atoms with Crippen molar-refractivity contribution in [1.82, 2.24) is 9.80 Å². The smallest absolute Gasteiger partial charge is 0.238 e. The Morgan fingerprint density at radius 3 is 1.76 bits per heavy atom. The fraction of sp³-hybridized carbons (Fsp3) is 0.360. The Balaban J connectivity index is 1.51. The number of piperazine rings is 1. The monoisotopic (exact) mass is 450 g/mol. The number of rotatable bonds is 8. The van der Waals surface area contributed by atoms with Crippen molar-refractivity contribution < 1.29 is 19.2 Å². The van der Waals surface area contributed by atoms with E-state index in [1.54, 1.807) is 48.5 Å². The molecule has 1 fully saturated rings. The number of benzene rings is 2. The standard InChI is InChI=1S/C25H30N4O4/c1-17-14-28(15-24(32)26-22-10-6-4-8-20(22)18(2)30)12-13-29(17)16-25(33)27-23-11-7-5-9-21(23)19(3)31/h4-11,17H,12-16H2,1-3H3,(H,26,32)(H,27,33). The summed E-state index contributed by atoms with van der Waals surface area (Å²) < 4.78 is 0. The number of Topliss-reactive ketones (excluding diaryl/α,β-unsaturated/α-hetero) is 2. The van der Waals surface area contributed by atoms with Gasteiger partial charge >= 0.3 is 0 Å². The number of para-hydroxylation sites is 2. The molecule has 1 saturated heterocycles. The van der Waals surface area contributed by atoms with E-state index in [4.69, 9.17) is 0 Å². The number of hydrogen-bond acceptors (Lipinski definition) is 6. The quantitative estimate of drug-likeness (QED) is 0.600. The Morgan fingerprint density at radius 1 is 0.788 bits per heavy atom. The summed E-state index contributed by atoms with van der Waals surface area (Å²) >= 11 is 0. The molecule has 1 heterocycles. The normalized spacial score (nSPS) is 16.8. The zero-order chi connectivity index (χ0) is 24.0. The van der Waals surface area contributed by atoms with Crippen LogP contribution >= 0.6 is 0 Å². The summed E-state index contributed by atoms with van der Waals surface area (Å²) in [6.07, 6.45) is 0. The molecule has 3 rings (SSSR count). The molecule has 2 amide bonds. The van der Waals surface area contributed by atoms with E-state index in [1.807, 2.05) is 11.8 Å². The maximum Gasteiger partial charge on any atom is 0.238 e. The van der Waals surface area contributed by atoms with E-state index in [0.29, 0.717) is 42.1 Å². The Kier molecular flexibility index (Phi) is 8.08. The molecular formula is C25H30N4O4. The maximum absolute atomic E-state index is 12.6. The van der Waals surface area contributed by atoms with Crippen LogP contribution in [0.3, 0.4) is 0 Å². The molecule has 8 nitrogen and oxygen atoms in total. The number of amides is 2. The number of hydrogen-bond donors (Lipinski definition) is 2. The Bertz CT molecular complexity index is 1050. The molecule has 174 valence electrons. The highest BCUT2D eigenvalue weighted by molar-refractivity contribution is 6.04. The van der Waals surface area contributed by atoms with Crippen LogP contribution in [-0.4, -0.2) is 71.9 Å². The van der Waals surface area contributed by atoms with Crippen molar-refractivity contribution in [1.29, 1.82) is 0 Å². The van der Waals surface area contributed by atoms with Gasteiger partial charge in [-0.3, -0.25) is 29.0 Å². The van der Waals surface area contributed by atoms with Crippen molar-refractivity contribution in [2.24, 2.45) is 0 Å². The average molecular weight is 451 g/mol. The molecule has 0 radical (unpaired) electrons. The van der Waals surface area contributed by atoms with Crippen LogP contribution in [0.2, 0.25) is 0 Å². The van der Waals surface area contributed by atoms with Gasteiger partial charge in [0.05, 0.1) is 24.5 Å². The van der Waals surface area contributed by atoms with E-state index in [-0.39, 0.29) is 42.5 Å². The Morgan fingerprint density at radius 2 is 1.27 bits per heavy atom. The van der Waals surface area contributed by atoms with Crippen LogP contribution in [-0.2, 0) is 9.59 Å². The van der Waals surface area contributed by atoms with Crippen LogP contribution in [0.15, 0.2) is 48.5 Å². The minimum Gasteiger partial charge on any atom is -0.324 e. The molecule has 2 N–H and O–H groups in total. The lowest BCUT2D eigenvalue weighted by atomic mass is 10.1. The van der Waals surface area contributed by atoms with E-state index >= 15 is 0 Å². The summed E-state index contributed by atoms with van der Waals surface area (Å²) in [4.78, 5) is 52.7. The minimum atomic E-state index is -0.178. The fourth-order valence-corrected chi connectivity index (χ4v) is 4.01. The van der Waals surface area contributed by atoms with Gasteiger partial charge < -0.3 is 10.6 Å². The van der Waals surface area contributed by atoms with Crippen molar-refractivity contribution in [3.63, 3.8) is 0 Å². The summed E-state index contributed by atoms with van der Waals surface area (Å²) in [5, 5.41) is 5.67. The number of carbonyl (C=O) groups excluding carboxylic acids is 4. The van der Waals surface area contributed by atoms with Crippen LogP contribution in [0.25, 0.3) is 0 Å². The SMILES string of the molecule is CC(=O)c1ccccc1NC(=O)CN1CCN(CC(=O)Nc2ccccc2C(C)=O)C(C)C1. The second-order valence-corrected chi connectivity index (χ2v) is 8.35. The van der Waals surface area contributed by atoms with Crippen LogP contribution in [0.5, 0.6) is 0 Å². The predicted octanol–water partition coefficient (Wildman–Crippen LogP) is 2.68. The molecule has 0 bridgehead atoms. The maximum atomic E-state index is 12.6. The van der Waals surface area contributed by atoms with Gasteiger partial charge in [-0.15, -0.1) is 0 Å². The highest BCUT2D eigenvalue weighted by Crippen LogP contribution is 2.17. The number of nitrogens with one attached hydrogen (secondary N) is 2. The van der Waals surface area contributed by atoms with Crippen molar-refractivity contribution in [2.75, 3.05) is 43.4 Å². The van der Waals surface area contributed by atoms with Gasteiger partial charge in [0.15, 0.2) is 11.6 Å². The predicted molar refractivity (Wildman–Crippen MR) is 128 cm³/mol. The van der Waals surface area contributed by atoms with Gasteiger partial charge in [-0.2, -0.15) is 0 Å². The highest BCUT2D eigenvalue weighted by atomic mass is 16.2.